The monoisotopic (exact) mass is 888 g/mol. The molecule has 3 heterocycles. The van der Waals surface area contributed by atoms with Crippen LogP contribution in [-0.4, -0.2) is 35.6 Å². The third-order valence-electron chi connectivity index (χ3n) is 10.5. The first-order valence-corrected chi connectivity index (χ1v) is 20.4. The fraction of sp³-hybridized carbons (Fsp3) is 0.435. The minimum absolute atomic E-state index is 0. The van der Waals surface area contributed by atoms with Gasteiger partial charge in [-0.15, -0.1) is 0 Å². The summed E-state index contributed by atoms with van der Waals surface area (Å²) in [4.78, 5) is 0. The Hall–Kier alpha value is -4.02. The van der Waals surface area contributed by atoms with Crippen LogP contribution in [0, 0.1) is 0 Å². The van der Waals surface area contributed by atoms with E-state index in [2.05, 4.69) is 131 Å². The number of aromatic nitrogens is 4. The standard InChI is InChI=1S/C46H58N4O4.2BrH/c1-5-9-25-51-39-21-22-40(52-26-10-6-2)44-43(39)47-29-35-17-13-14-19-37(35)31-49-34-50(32-38-20-16-15-18-36(38)30-48(44)33-47)46-42(54-28-12-8-4)24-23-41(45(46)49)53-27-11-7-3;;/h13-24,33-34H,5-12,25-32H2,1-4H3;2*1H/q+2;;/p-2. The molecule has 300 valence electrons. The number of benzene rings is 4. The number of hydrogen-bond acceptors (Lipinski definition) is 4. The highest BCUT2D eigenvalue weighted by Gasteiger charge is 2.30. The lowest BCUT2D eigenvalue weighted by Gasteiger charge is -2.13. The molecule has 6 aromatic rings. The van der Waals surface area contributed by atoms with Gasteiger partial charge in [0.25, 0.3) is 0 Å². The van der Waals surface area contributed by atoms with E-state index in [1.165, 1.54) is 22.3 Å². The van der Waals surface area contributed by atoms with Crippen LogP contribution < -0.4 is 62.0 Å². The molecule has 0 spiro atoms. The fourth-order valence-corrected chi connectivity index (χ4v) is 7.48. The third-order valence-corrected chi connectivity index (χ3v) is 10.5. The molecular weight excluding hydrogens is 832 g/mol. The molecule has 0 radical (unpaired) electrons. The molecule has 0 fully saturated rings. The second kappa shape index (κ2) is 20.9. The average molecular weight is 891 g/mol. The predicted molar refractivity (Wildman–Crippen MR) is 215 cm³/mol. The van der Waals surface area contributed by atoms with Crippen LogP contribution in [0.2, 0.25) is 0 Å². The molecule has 0 N–H and O–H groups in total. The molecule has 0 aliphatic carbocycles. The molecule has 0 atom stereocenters. The van der Waals surface area contributed by atoms with Crippen molar-refractivity contribution < 1.29 is 62.0 Å². The highest BCUT2D eigenvalue weighted by atomic mass is 79.9. The van der Waals surface area contributed by atoms with Crippen LogP contribution in [0.3, 0.4) is 0 Å². The van der Waals surface area contributed by atoms with Gasteiger partial charge < -0.3 is 52.9 Å². The van der Waals surface area contributed by atoms with Crippen molar-refractivity contribution in [3.63, 3.8) is 0 Å². The van der Waals surface area contributed by atoms with Crippen LogP contribution >= 0.6 is 0 Å². The van der Waals surface area contributed by atoms with E-state index in [4.69, 9.17) is 18.9 Å². The summed E-state index contributed by atoms with van der Waals surface area (Å²) in [6, 6.07) is 26.1. The Morgan fingerprint density at radius 3 is 1.12 bits per heavy atom. The number of fused-ring (bicyclic) bond motifs is 12. The van der Waals surface area contributed by atoms with E-state index in [1.807, 2.05) is 0 Å². The molecule has 1 aliphatic rings. The zero-order valence-corrected chi connectivity index (χ0v) is 36.7. The van der Waals surface area contributed by atoms with E-state index in [9.17, 15) is 0 Å². The van der Waals surface area contributed by atoms with Crippen LogP contribution in [0.5, 0.6) is 23.0 Å². The Morgan fingerprint density at radius 2 is 0.768 bits per heavy atom. The highest BCUT2D eigenvalue weighted by Crippen LogP contribution is 2.36. The Labute approximate surface area is 353 Å². The van der Waals surface area contributed by atoms with Crippen molar-refractivity contribution in [2.45, 2.75) is 105 Å². The molecule has 56 heavy (non-hydrogen) atoms. The SMILES string of the molecule is CCCCOc1ccc(OCCCC)c2c1n1c[n+]2Cc2ccccc2Cn2c[n+](c3c(OCCCC)ccc(OCCCC)c32)Cc2ccccc2C1.[Br-].[Br-]. The van der Waals surface area contributed by atoms with Gasteiger partial charge in [-0.25, -0.2) is 18.3 Å². The topological polar surface area (TPSA) is 54.5 Å². The average Bonchev–Trinajstić information content (AvgIpc) is 3.72. The van der Waals surface area contributed by atoms with Crippen molar-refractivity contribution in [1.29, 1.82) is 0 Å². The van der Waals surface area contributed by atoms with Gasteiger partial charge in [0.05, 0.1) is 26.4 Å². The van der Waals surface area contributed by atoms with Crippen molar-refractivity contribution in [1.82, 2.24) is 9.13 Å². The molecule has 4 bridgehead atoms. The normalized spacial score (nSPS) is 12.2. The molecule has 7 rings (SSSR count). The van der Waals surface area contributed by atoms with Crippen LogP contribution in [0.1, 0.15) is 101 Å². The highest BCUT2D eigenvalue weighted by molar-refractivity contribution is 5.86. The van der Waals surface area contributed by atoms with Crippen molar-refractivity contribution in [2.75, 3.05) is 26.4 Å². The molecule has 0 amide bonds. The second-order valence-corrected chi connectivity index (χ2v) is 14.6. The van der Waals surface area contributed by atoms with Crippen molar-refractivity contribution in [2.24, 2.45) is 0 Å². The van der Waals surface area contributed by atoms with Crippen LogP contribution in [0.15, 0.2) is 85.5 Å². The van der Waals surface area contributed by atoms with E-state index >= 15 is 0 Å². The summed E-state index contributed by atoms with van der Waals surface area (Å²) in [6.45, 7) is 14.3. The van der Waals surface area contributed by atoms with E-state index in [1.54, 1.807) is 0 Å². The van der Waals surface area contributed by atoms with Gasteiger partial charge in [0, 0.05) is 22.3 Å². The van der Waals surface area contributed by atoms with E-state index in [0.717, 1.165) is 96.4 Å². The predicted octanol–water partition coefficient (Wildman–Crippen LogP) is 3.40. The molecule has 0 saturated carbocycles. The second-order valence-electron chi connectivity index (χ2n) is 14.6. The zero-order chi connectivity index (χ0) is 37.3. The van der Waals surface area contributed by atoms with Gasteiger partial charge in [0.2, 0.25) is 34.7 Å². The molecule has 2 aromatic heterocycles. The van der Waals surface area contributed by atoms with Crippen LogP contribution in [0.25, 0.3) is 22.1 Å². The van der Waals surface area contributed by atoms with E-state index in [0.29, 0.717) is 52.6 Å². The number of unbranched alkanes of at least 4 members (excludes halogenated alkanes) is 4. The Bertz CT molecular complexity index is 1880. The summed E-state index contributed by atoms with van der Waals surface area (Å²) in [7, 11) is 0. The number of imidazole rings is 2. The van der Waals surface area contributed by atoms with Gasteiger partial charge in [-0.3, -0.25) is 0 Å². The van der Waals surface area contributed by atoms with Gasteiger partial charge in [-0.1, -0.05) is 102 Å². The first-order chi connectivity index (χ1) is 26.6. The van der Waals surface area contributed by atoms with Crippen LogP contribution in [-0.2, 0) is 26.2 Å². The van der Waals surface area contributed by atoms with E-state index < -0.39 is 0 Å². The van der Waals surface area contributed by atoms with Gasteiger partial charge in [-0.05, 0) is 49.9 Å². The van der Waals surface area contributed by atoms with Gasteiger partial charge in [0.1, 0.15) is 26.2 Å². The molecule has 4 aromatic carbocycles. The summed E-state index contributed by atoms with van der Waals surface area (Å²) in [5, 5.41) is 0. The first kappa shape index (κ1) is 43.1. The summed E-state index contributed by atoms with van der Waals surface area (Å²) in [6.07, 6.45) is 12.9. The van der Waals surface area contributed by atoms with Gasteiger partial charge in [0.15, 0.2) is 23.0 Å². The largest absolute Gasteiger partial charge is 1.00 e. The van der Waals surface area contributed by atoms with Gasteiger partial charge >= 0.3 is 0 Å². The maximum Gasteiger partial charge on any atom is 0.245 e. The van der Waals surface area contributed by atoms with Crippen LogP contribution in [0.4, 0.5) is 0 Å². The molecule has 1 aliphatic heterocycles. The summed E-state index contributed by atoms with van der Waals surface area (Å²) >= 11 is 0. The minimum Gasteiger partial charge on any atom is -1.00 e. The summed E-state index contributed by atoms with van der Waals surface area (Å²) in [5.41, 5.74) is 9.33. The Balaban J connectivity index is 0.00000300. The third kappa shape index (κ3) is 9.56. The lowest BCUT2D eigenvalue weighted by Crippen LogP contribution is -3.00. The number of ether oxygens (including phenoxy) is 4. The molecule has 10 heteroatoms. The Morgan fingerprint density at radius 1 is 0.446 bits per heavy atom. The van der Waals surface area contributed by atoms with Crippen molar-refractivity contribution in [3.8, 4) is 23.0 Å². The van der Waals surface area contributed by atoms with E-state index in [-0.39, 0.29) is 34.0 Å². The van der Waals surface area contributed by atoms with Crippen molar-refractivity contribution >= 4 is 22.1 Å². The number of halogens is 2. The lowest BCUT2D eigenvalue weighted by atomic mass is 10.1. The summed E-state index contributed by atoms with van der Waals surface area (Å²) < 4.78 is 35.7. The maximum absolute atomic E-state index is 6.56. The smallest absolute Gasteiger partial charge is 0.245 e. The first-order valence-electron chi connectivity index (χ1n) is 20.4. The molecule has 0 unspecified atom stereocenters. The quantitative estimate of drug-likeness (QED) is 0.111. The molecule has 0 saturated heterocycles. The number of hydrogen-bond donors (Lipinski definition) is 0. The fourth-order valence-electron chi connectivity index (χ4n) is 7.48. The zero-order valence-electron chi connectivity index (χ0n) is 33.6. The number of rotatable bonds is 16. The summed E-state index contributed by atoms with van der Waals surface area (Å²) in [5.74, 6) is 3.60. The Kier molecular flexibility index (Phi) is 16.1. The lowest BCUT2D eigenvalue weighted by molar-refractivity contribution is -0.664. The number of nitrogens with zero attached hydrogens (tertiary/aromatic N) is 4. The molecule has 8 nitrogen and oxygen atoms in total. The maximum atomic E-state index is 6.56. The van der Waals surface area contributed by atoms with Crippen molar-refractivity contribution in [3.05, 3.63) is 108 Å². The van der Waals surface area contributed by atoms with Gasteiger partial charge in [-0.2, -0.15) is 0 Å². The minimum atomic E-state index is 0. The molecular formula is C46H58Br2N4O4.